The molecule has 1 aliphatic heterocycles. The Bertz CT molecular complexity index is 1590. The van der Waals surface area contributed by atoms with Crippen molar-refractivity contribution in [2.24, 2.45) is 5.92 Å². The molecule has 1 aromatic carbocycles. The van der Waals surface area contributed by atoms with E-state index in [1.807, 2.05) is 6.07 Å². The fraction of sp³-hybridized carbons (Fsp3) is 0.292. The van der Waals surface area contributed by atoms with E-state index < -0.39 is 27.8 Å². The number of anilines is 1. The molecule has 0 radical (unpaired) electrons. The molecular formula is C24H24N6O6S. The molecule has 37 heavy (non-hydrogen) atoms. The number of carbonyl (C=O) groups excluding carboxylic acids is 2. The van der Waals surface area contributed by atoms with Crippen molar-refractivity contribution in [1.82, 2.24) is 19.5 Å². The van der Waals surface area contributed by atoms with Crippen LogP contribution in [0.2, 0.25) is 0 Å². The first-order valence-corrected chi connectivity index (χ1v) is 12.8. The van der Waals surface area contributed by atoms with Gasteiger partial charge >= 0.3 is 5.97 Å². The average molecular weight is 525 g/mol. The third-order valence-electron chi connectivity index (χ3n) is 5.83. The quantitative estimate of drug-likeness (QED) is 0.431. The van der Waals surface area contributed by atoms with Crippen LogP contribution in [0.15, 0.2) is 46.1 Å². The Morgan fingerprint density at radius 1 is 1.24 bits per heavy atom. The maximum atomic E-state index is 12.9. The summed E-state index contributed by atoms with van der Waals surface area (Å²) in [5.41, 5.74) is 1.27. The van der Waals surface area contributed by atoms with Gasteiger partial charge in [0.2, 0.25) is 5.91 Å². The zero-order valence-electron chi connectivity index (χ0n) is 20.3. The van der Waals surface area contributed by atoms with Gasteiger partial charge in [0.25, 0.3) is 15.6 Å². The van der Waals surface area contributed by atoms with Crippen molar-refractivity contribution in [2.75, 3.05) is 24.6 Å². The zero-order valence-corrected chi connectivity index (χ0v) is 21.1. The lowest BCUT2D eigenvalue weighted by Gasteiger charge is -2.39. The number of rotatable bonds is 7. The second kappa shape index (κ2) is 9.90. The number of amides is 1. The van der Waals surface area contributed by atoms with Gasteiger partial charge in [-0.2, -0.15) is 5.26 Å². The van der Waals surface area contributed by atoms with E-state index in [2.05, 4.69) is 14.8 Å². The average Bonchev–Trinajstić information content (AvgIpc) is 3.16. The first kappa shape index (κ1) is 25.6. The van der Waals surface area contributed by atoms with Crippen molar-refractivity contribution in [3.8, 4) is 11.8 Å². The minimum atomic E-state index is -4.21. The molecule has 2 aromatic heterocycles. The first-order chi connectivity index (χ1) is 17.5. The summed E-state index contributed by atoms with van der Waals surface area (Å²) in [6.45, 7) is 5.45. The third kappa shape index (κ3) is 5.10. The smallest absolute Gasteiger partial charge is 0.340 e. The number of hydrogen-bond donors (Lipinski definition) is 2. The van der Waals surface area contributed by atoms with Gasteiger partial charge in [-0.05, 0) is 45.0 Å². The van der Waals surface area contributed by atoms with Crippen LogP contribution in [0.1, 0.15) is 34.2 Å². The lowest BCUT2D eigenvalue weighted by molar-refractivity contribution is -0.123. The number of H-pyrrole nitrogens is 1. The maximum absolute atomic E-state index is 12.9. The lowest BCUT2D eigenvalue weighted by Crippen LogP contribution is -2.55. The largest absolute Gasteiger partial charge is 0.462 e. The predicted octanol–water partition coefficient (Wildman–Crippen LogP) is 1.17. The van der Waals surface area contributed by atoms with E-state index in [0.29, 0.717) is 22.9 Å². The Kier molecular flexibility index (Phi) is 6.86. The molecule has 0 atom stereocenters. The molecule has 13 heteroatoms. The second-order valence-corrected chi connectivity index (χ2v) is 10.2. The van der Waals surface area contributed by atoms with Gasteiger partial charge in [0.1, 0.15) is 11.9 Å². The van der Waals surface area contributed by atoms with E-state index >= 15 is 0 Å². The normalized spacial score (nSPS) is 13.5. The summed E-state index contributed by atoms with van der Waals surface area (Å²) in [4.78, 5) is 42.7. The number of nitrogens with zero attached hydrogens (tertiary/aromatic N) is 4. The van der Waals surface area contributed by atoms with Crippen LogP contribution >= 0.6 is 0 Å². The monoisotopic (exact) mass is 524 g/mol. The molecule has 0 bridgehead atoms. The van der Waals surface area contributed by atoms with Crippen LogP contribution in [0.4, 0.5) is 5.82 Å². The highest BCUT2D eigenvalue weighted by Gasteiger charge is 2.37. The number of aromatic nitrogens is 3. The zero-order chi connectivity index (χ0) is 26.9. The van der Waals surface area contributed by atoms with Crippen LogP contribution in [-0.4, -0.2) is 54.8 Å². The topological polar surface area (TPSA) is 167 Å². The maximum Gasteiger partial charge on any atom is 0.340 e. The molecule has 0 unspecified atom stereocenters. The number of ether oxygens (including phenoxy) is 1. The van der Waals surface area contributed by atoms with Crippen molar-refractivity contribution >= 4 is 27.7 Å². The van der Waals surface area contributed by atoms with Crippen molar-refractivity contribution < 1.29 is 22.7 Å². The molecule has 0 saturated carbocycles. The van der Waals surface area contributed by atoms with Gasteiger partial charge in [-0.15, -0.1) is 0 Å². The Morgan fingerprint density at radius 3 is 2.59 bits per heavy atom. The summed E-state index contributed by atoms with van der Waals surface area (Å²) in [5, 5.41) is 12.4. The van der Waals surface area contributed by atoms with Crippen molar-refractivity contribution in [3.05, 3.63) is 69.3 Å². The predicted molar refractivity (Wildman–Crippen MR) is 132 cm³/mol. The summed E-state index contributed by atoms with van der Waals surface area (Å²) in [6.07, 6.45) is 0. The number of hydrogen-bond acceptors (Lipinski definition) is 9. The van der Waals surface area contributed by atoms with Crippen LogP contribution in [0.5, 0.6) is 0 Å². The van der Waals surface area contributed by atoms with Crippen LogP contribution < -0.4 is 15.2 Å². The number of nitrogens with one attached hydrogen (secondary N) is 2. The lowest BCUT2D eigenvalue weighted by atomic mass is 9.98. The van der Waals surface area contributed by atoms with Gasteiger partial charge in [-0.1, -0.05) is 6.07 Å². The second-order valence-electron chi connectivity index (χ2n) is 8.51. The first-order valence-electron chi connectivity index (χ1n) is 11.3. The number of benzene rings is 1. The summed E-state index contributed by atoms with van der Waals surface area (Å²) in [6, 6.07) is 10.4. The standard InChI is InChI=1S/C24H24N6O6S/c1-4-36-24(33)20-9-16(11-25)22(26-15(20)3)29-12-17(13-29)23(32)28-37(34,35)19-7-5-6-18(10-19)30-21(31)8-14(2)27-30/h5-10,17,27H,4,12-13H2,1-3H3,(H,28,32). The van der Waals surface area contributed by atoms with Crippen LogP contribution in [0.25, 0.3) is 5.69 Å². The number of sulfonamides is 1. The molecule has 0 spiro atoms. The minimum absolute atomic E-state index is 0.137. The molecule has 2 N–H and O–H groups in total. The highest BCUT2D eigenvalue weighted by molar-refractivity contribution is 7.90. The molecule has 1 amide bonds. The van der Waals surface area contributed by atoms with Gasteiger partial charge in [0, 0.05) is 24.8 Å². The Balaban J connectivity index is 1.46. The summed E-state index contributed by atoms with van der Waals surface area (Å²) in [5.74, 6) is -1.64. The number of carbonyl (C=O) groups is 2. The molecule has 1 fully saturated rings. The van der Waals surface area contributed by atoms with Gasteiger partial charge in [0.05, 0.1) is 39.9 Å². The van der Waals surface area contributed by atoms with Crippen LogP contribution in [0.3, 0.4) is 0 Å². The summed E-state index contributed by atoms with van der Waals surface area (Å²) >= 11 is 0. The Hall–Kier alpha value is -4.44. The van der Waals surface area contributed by atoms with Crippen LogP contribution in [0, 0.1) is 31.1 Å². The molecule has 12 nitrogen and oxygen atoms in total. The minimum Gasteiger partial charge on any atom is -0.462 e. The SMILES string of the molecule is CCOC(=O)c1cc(C#N)c(N2CC(C(=O)NS(=O)(=O)c3cccc(-n4[nH]c(C)cc4=O)c3)C2)nc1C. The number of aryl methyl sites for hydroxylation is 2. The molecule has 1 aliphatic rings. The summed E-state index contributed by atoms with van der Waals surface area (Å²) < 4.78 is 34.0. The molecule has 3 heterocycles. The number of aromatic amines is 1. The fourth-order valence-corrected chi connectivity index (χ4v) is 5.00. The van der Waals surface area contributed by atoms with E-state index in [0.717, 1.165) is 0 Å². The highest BCUT2D eigenvalue weighted by Crippen LogP contribution is 2.28. The van der Waals surface area contributed by atoms with Gasteiger partial charge in [0.15, 0.2) is 0 Å². The molecule has 1 saturated heterocycles. The fourth-order valence-electron chi connectivity index (χ4n) is 3.92. The van der Waals surface area contributed by atoms with Crippen molar-refractivity contribution in [2.45, 2.75) is 25.7 Å². The molecule has 192 valence electrons. The number of nitriles is 1. The van der Waals surface area contributed by atoms with Gasteiger partial charge in [-0.25, -0.2) is 27.6 Å². The van der Waals surface area contributed by atoms with E-state index in [4.69, 9.17) is 4.74 Å². The van der Waals surface area contributed by atoms with E-state index in [1.165, 1.54) is 35.0 Å². The van der Waals surface area contributed by atoms with E-state index in [-0.39, 0.29) is 41.3 Å². The molecule has 0 aliphatic carbocycles. The van der Waals surface area contributed by atoms with Crippen molar-refractivity contribution in [1.29, 1.82) is 5.26 Å². The summed E-state index contributed by atoms with van der Waals surface area (Å²) in [7, 11) is -4.21. The highest BCUT2D eigenvalue weighted by atomic mass is 32.2. The van der Waals surface area contributed by atoms with Crippen LogP contribution in [-0.2, 0) is 19.6 Å². The van der Waals surface area contributed by atoms with Crippen molar-refractivity contribution in [3.63, 3.8) is 0 Å². The van der Waals surface area contributed by atoms with E-state index in [9.17, 15) is 28.1 Å². The molecule has 3 aromatic rings. The number of pyridine rings is 1. The third-order valence-corrected chi connectivity index (χ3v) is 7.17. The molecular weight excluding hydrogens is 500 g/mol. The Labute approximate surface area is 212 Å². The van der Waals surface area contributed by atoms with Gasteiger partial charge in [-0.3, -0.25) is 14.7 Å². The molecule has 4 rings (SSSR count). The van der Waals surface area contributed by atoms with E-state index in [1.54, 1.807) is 31.7 Å². The Morgan fingerprint density at radius 2 is 1.97 bits per heavy atom. The van der Waals surface area contributed by atoms with Gasteiger partial charge < -0.3 is 9.64 Å². The number of esters is 1.